The second kappa shape index (κ2) is 18.0. The van der Waals surface area contributed by atoms with Crippen LogP contribution < -0.4 is 26.4 Å². The highest BCUT2D eigenvalue weighted by molar-refractivity contribution is 7.51. The van der Waals surface area contributed by atoms with Gasteiger partial charge in [0, 0.05) is 23.6 Å². The lowest BCUT2D eigenvalue weighted by Crippen LogP contribution is -2.27. The summed E-state index contributed by atoms with van der Waals surface area (Å²) < 4.78 is 22.0. The molecule has 0 radical (unpaired) electrons. The fourth-order valence-electron chi connectivity index (χ4n) is 3.05. The molecule has 0 aliphatic heterocycles. The molecule has 16 nitrogen and oxygen atoms in total. The first-order valence-electron chi connectivity index (χ1n) is 14.1. The minimum absolute atomic E-state index is 0.0642. The van der Waals surface area contributed by atoms with E-state index in [1.807, 2.05) is 62.3 Å². The molecule has 47 heavy (non-hydrogen) atoms. The van der Waals surface area contributed by atoms with Gasteiger partial charge in [0.25, 0.3) is 0 Å². The number of hydrogen-bond donors (Lipinski definition) is 6. The molecular formula is C27H42Cl3N8O8P. The van der Waals surface area contributed by atoms with E-state index in [2.05, 4.69) is 36.0 Å². The molecule has 0 unspecified atom stereocenters. The van der Waals surface area contributed by atoms with E-state index in [1.165, 1.54) is 6.07 Å². The van der Waals surface area contributed by atoms with Crippen LogP contribution >= 0.6 is 42.4 Å². The molecule has 6 N–H and O–H groups in total. The fourth-order valence-corrected chi connectivity index (χ4v) is 4.12. The maximum atomic E-state index is 12.1. The number of rotatable bonds is 10. The Morgan fingerprint density at radius 2 is 1.64 bits per heavy atom. The summed E-state index contributed by atoms with van der Waals surface area (Å²) in [5.74, 6) is -0.0149. The van der Waals surface area contributed by atoms with Crippen molar-refractivity contribution in [1.82, 2.24) is 30.0 Å². The highest BCUT2D eigenvalue weighted by atomic mass is 35.5. The van der Waals surface area contributed by atoms with Crippen LogP contribution in [0.5, 0.6) is 5.75 Å². The SMILES string of the molecule is CC(C)Oc1cc(-n2nc(C(C)(C)C)oc2=O)c(Cl)cc1Cl.CCNc1nc(Cl)nc(NC(C)(C)C)n1.O=C(O)CNCP(=O)(O)O. The number of benzene rings is 1. The van der Waals surface area contributed by atoms with Gasteiger partial charge in [-0.05, 0) is 59.2 Å². The van der Waals surface area contributed by atoms with Crippen LogP contribution in [0.15, 0.2) is 21.3 Å². The Hall–Kier alpha value is -2.98. The van der Waals surface area contributed by atoms with Crippen molar-refractivity contribution in [2.24, 2.45) is 0 Å². The van der Waals surface area contributed by atoms with Gasteiger partial charge in [0.05, 0.1) is 34.7 Å². The number of carboxylic acids is 1. The van der Waals surface area contributed by atoms with Crippen LogP contribution in [0.3, 0.4) is 0 Å². The van der Waals surface area contributed by atoms with E-state index in [0.717, 1.165) is 11.2 Å². The molecule has 20 heteroatoms. The minimum atomic E-state index is -4.10. The third-order valence-corrected chi connectivity index (χ3v) is 6.21. The van der Waals surface area contributed by atoms with E-state index in [1.54, 1.807) is 6.07 Å². The summed E-state index contributed by atoms with van der Waals surface area (Å²) in [6.07, 6.45) is -0.662. The zero-order chi connectivity index (χ0) is 36.3. The standard InChI is InChI=1S/C15H18Cl2N2O3.C9H16ClN5.C3H8NO5P/c1-8(2)21-12-7-11(9(16)6-10(12)17)19-14(20)22-13(18-19)15(3,4)5;1-5-11-7-12-6(10)13-8(14-7)15-9(2,3)4;5-3(6)1-4-2-10(7,8)9/h6-8H,1-5H3;5H2,1-4H3,(H2,11,12,13,14,15);4H,1-2H2,(H,5,6)(H2,7,8,9). The van der Waals surface area contributed by atoms with E-state index in [4.69, 9.17) is 58.9 Å². The molecule has 1 aromatic carbocycles. The fraction of sp³-hybridized carbons (Fsp3) is 0.556. The van der Waals surface area contributed by atoms with Crippen molar-refractivity contribution in [3.8, 4) is 11.4 Å². The number of halogens is 3. The molecule has 3 aromatic rings. The van der Waals surface area contributed by atoms with Crippen molar-refractivity contribution in [3.63, 3.8) is 0 Å². The lowest BCUT2D eigenvalue weighted by Gasteiger charge is -2.20. The number of carboxylic acid groups (broad SMARTS) is 1. The Morgan fingerprint density at radius 1 is 1.04 bits per heavy atom. The van der Waals surface area contributed by atoms with Gasteiger partial charge in [-0.25, -0.2) is 4.79 Å². The van der Waals surface area contributed by atoms with Gasteiger partial charge in [-0.15, -0.1) is 5.10 Å². The predicted octanol–water partition coefficient (Wildman–Crippen LogP) is 5.18. The number of nitrogens with zero attached hydrogens (tertiary/aromatic N) is 5. The lowest BCUT2D eigenvalue weighted by atomic mass is 9.97. The molecule has 0 amide bonds. The first kappa shape index (κ1) is 42.0. The van der Waals surface area contributed by atoms with Gasteiger partial charge in [-0.3, -0.25) is 14.7 Å². The second-order valence-electron chi connectivity index (χ2n) is 12.0. The number of carbonyl (C=O) groups is 1. The van der Waals surface area contributed by atoms with Crippen LogP contribution in [0.2, 0.25) is 15.3 Å². The molecule has 0 saturated carbocycles. The topological polar surface area (TPSA) is 227 Å². The van der Waals surface area contributed by atoms with E-state index in [-0.39, 0.29) is 27.4 Å². The monoisotopic (exact) mass is 742 g/mol. The van der Waals surface area contributed by atoms with Gasteiger partial charge in [-0.2, -0.15) is 19.6 Å². The Labute approximate surface area is 287 Å². The van der Waals surface area contributed by atoms with Crippen LogP contribution in [0, 0.1) is 0 Å². The molecule has 3 rings (SSSR count). The van der Waals surface area contributed by atoms with Gasteiger partial charge >= 0.3 is 19.3 Å². The average Bonchev–Trinajstić information content (AvgIpc) is 3.26. The summed E-state index contributed by atoms with van der Waals surface area (Å²) in [5.41, 5.74) is -0.125. The van der Waals surface area contributed by atoms with Crippen molar-refractivity contribution in [3.05, 3.63) is 43.9 Å². The Bertz CT molecular complexity index is 1580. The number of hydrogen-bond acceptors (Lipinski definition) is 12. The molecule has 0 spiro atoms. The number of ether oxygens (including phenoxy) is 1. The molecule has 2 heterocycles. The van der Waals surface area contributed by atoms with E-state index in [9.17, 15) is 14.2 Å². The Balaban J connectivity index is 0.000000384. The van der Waals surface area contributed by atoms with Crippen LogP contribution in [0.1, 0.15) is 68.2 Å². The molecule has 0 aliphatic carbocycles. The van der Waals surface area contributed by atoms with Gasteiger partial charge < -0.3 is 34.7 Å². The number of aliphatic carboxylic acids is 1. The average molecular weight is 744 g/mol. The van der Waals surface area contributed by atoms with Crippen LogP contribution in [-0.2, 0) is 14.8 Å². The minimum Gasteiger partial charge on any atom is -0.489 e. The van der Waals surface area contributed by atoms with E-state index >= 15 is 0 Å². The van der Waals surface area contributed by atoms with Gasteiger partial charge in [0.15, 0.2) is 0 Å². The molecule has 0 aliphatic rings. The van der Waals surface area contributed by atoms with Crippen molar-refractivity contribution < 1.29 is 33.4 Å². The summed E-state index contributed by atoms with van der Waals surface area (Å²) in [7, 11) is -4.10. The van der Waals surface area contributed by atoms with E-state index in [0.29, 0.717) is 34.2 Å². The molecule has 264 valence electrons. The summed E-state index contributed by atoms with van der Waals surface area (Å²) in [6.45, 7) is 17.8. The molecule has 0 bridgehead atoms. The van der Waals surface area contributed by atoms with Crippen molar-refractivity contribution in [1.29, 1.82) is 0 Å². The van der Waals surface area contributed by atoms with E-state index < -0.39 is 32.2 Å². The van der Waals surface area contributed by atoms with Gasteiger partial charge in [0.1, 0.15) is 5.75 Å². The zero-order valence-corrected chi connectivity index (χ0v) is 30.7. The first-order chi connectivity index (χ1) is 21.4. The number of anilines is 2. The molecule has 0 saturated heterocycles. The highest BCUT2D eigenvalue weighted by Crippen LogP contribution is 2.34. The van der Waals surface area contributed by atoms with Gasteiger partial charge in [0.2, 0.25) is 23.1 Å². The normalized spacial score (nSPS) is 11.6. The summed E-state index contributed by atoms with van der Waals surface area (Å²) in [5, 5.41) is 21.2. The maximum absolute atomic E-state index is 12.1. The third kappa shape index (κ3) is 16.6. The Morgan fingerprint density at radius 3 is 2.11 bits per heavy atom. The number of nitrogens with one attached hydrogen (secondary N) is 3. The zero-order valence-electron chi connectivity index (χ0n) is 27.6. The predicted molar refractivity (Wildman–Crippen MR) is 182 cm³/mol. The lowest BCUT2D eigenvalue weighted by molar-refractivity contribution is -0.135. The quantitative estimate of drug-likeness (QED) is 0.147. The molecular weight excluding hydrogens is 702 g/mol. The van der Waals surface area contributed by atoms with Gasteiger partial charge in [-0.1, -0.05) is 44.0 Å². The van der Waals surface area contributed by atoms with Crippen molar-refractivity contribution in [2.45, 2.75) is 79.4 Å². The molecule has 0 fully saturated rings. The Kier molecular flexibility index (Phi) is 16.1. The largest absolute Gasteiger partial charge is 0.489 e. The molecule has 2 aromatic heterocycles. The number of aromatic nitrogens is 5. The second-order valence-corrected chi connectivity index (χ2v) is 14.8. The van der Waals surface area contributed by atoms with Crippen molar-refractivity contribution in [2.75, 3.05) is 30.0 Å². The third-order valence-electron chi connectivity index (χ3n) is 4.81. The highest BCUT2D eigenvalue weighted by Gasteiger charge is 2.24. The summed E-state index contributed by atoms with van der Waals surface area (Å²) in [4.78, 5) is 50.3. The van der Waals surface area contributed by atoms with Crippen LogP contribution in [0.4, 0.5) is 11.9 Å². The smallest absolute Gasteiger partial charge is 0.442 e. The van der Waals surface area contributed by atoms with Crippen molar-refractivity contribution >= 4 is 60.3 Å². The van der Waals surface area contributed by atoms with Crippen LogP contribution in [-0.4, -0.2) is 76.6 Å². The summed E-state index contributed by atoms with van der Waals surface area (Å²) in [6, 6.07) is 3.11. The summed E-state index contributed by atoms with van der Waals surface area (Å²) >= 11 is 18.1. The molecule has 0 atom stereocenters. The van der Waals surface area contributed by atoms with Crippen LogP contribution in [0.25, 0.3) is 5.69 Å². The maximum Gasteiger partial charge on any atom is 0.442 e. The first-order valence-corrected chi connectivity index (χ1v) is 17.0.